The quantitative estimate of drug-likeness (QED) is 0.0866. The van der Waals surface area contributed by atoms with Gasteiger partial charge in [-0.05, 0) is 126 Å². The Morgan fingerprint density at radius 1 is 0.548 bits per heavy atom. The van der Waals surface area contributed by atoms with Crippen LogP contribution in [-0.2, 0) is 51.2 Å². The molecule has 6 bridgehead atoms. The van der Waals surface area contributed by atoms with Crippen molar-refractivity contribution in [3.05, 3.63) is 69.8 Å². The summed E-state index contributed by atoms with van der Waals surface area (Å²) in [4.78, 5) is 0. The third-order valence-electron chi connectivity index (χ3n) is 17.6. The number of aryl methyl sites for hydroxylation is 2. The molecule has 6 heterocycles. The number of hydrogen-bond donors (Lipinski definition) is 7. The summed E-state index contributed by atoms with van der Waals surface area (Å²) in [5.74, 6) is -3.63. The molecule has 9 aliphatic rings. The fourth-order valence-corrected chi connectivity index (χ4v) is 15.1. The number of hydrogen-bond acceptors (Lipinski definition) is 11. The van der Waals surface area contributed by atoms with Crippen molar-refractivity contribution < 1.29 is 54.7 Å². The van der Waals surface area contributed by atoms with E-state index >= 15 is 0 Å². The lowest BCUT2D eigenvalue weighted by atomic mass is 9.67. The number of aliphatic hydroxyl groups excluding tert-OH is 6. The Kier molecular flexibility index (Phi) is 6.02. The van der Waals surface area contributed by atoms with Crippen molar-refractivity contribution in [3.8, 4) is 0 Å². The normalized spacial score (nSPS) is 35.7. The highest BCUT2D eigenvalue weighted by Crippen LogP contribution is 2.62. The molecule has 0 amide bonds. The van der Waals surface area contributed by atoms with E-state index in [2.05, 4.69) is 41.0 Å². The van der Waals surface area contributed by atoms with Crippen molar-refractivity contribution in [3.63, 3.8) is 0 Å². The molecular weight excluding hydrogens is 791 g/mol. The van der Waals surface area contributed by atoms with E-state index in [1.54, 1.807) is 0 Å². The molecule has 62 heavy (non-hydrogen) atoms. The van der Waals surface area contributed by atoms with Crippen LogP contribution in [0.5, 0.6) is 0 Å². The van der Waals surface area contributed by atoms with Crippen LogP contribution in [0.4, 0.5) is 0 Å². The van der Waals surface area contributed by atoms with E-state index in [0.717, 1.165) is 25.7 Å². The Bertz CT molecular complexity index is 3330. The van der Waals surface area contributed by atoms with Gasteiger partial charge in [-0.3, -0.25) is 0 Å². The Labute approximate surface area is 351 Å². The largest absolute Gasteiger partial charge is 0.394 e. The molecule has 4 saturated heterocycles. The third kappa shape index (κ3) is 3.49. The summed E-state index contributed by atoms with van der Waals surface area (Å²) in [6.07, 6.45) is -5.50. The Balaban J connectivity index is 0.837. The zero-order valence-electron chi connectivity index (χ0n) is 33.6. The van der Waals surface area contributed by atoms with Gasteiger partial charge in [0.2, 0.25) is 0 Å². The van der Waals surface area contributed by atoms with Crippen LogP contribution in [0, 0.1) is 0 Å². The van der Waals surface area contributed by atoms with E-state index in [1.807, 2.05) is 0 Å². The average molecular weight is 834 g/mol. The highest BCUT2D eigenvalue weighted by atomic mass is 16.8. The first-order valence-electron chi connectivity index (χ1n) is 22.4. The zero-order valence-corrected chi connectivity index (χ0v) is 33.6. The predicted molar refractivity (Wildman–Crippen MR) is 229 cm³/mol. The highest BCUT2D eigenvalue weighted by Gasteiger charge is 2.73. The first-order chi connectivity index (χ1) is 30.0. The molecule has 10 atom stereocenters. The molecule has 5 aliphatic heterocycles. The van der Waals surface area contributed by atoms with Crippen molar-refractivity contribution in [2.24, 2.45) is 0 Å². The minimum Gasteiger partial charge on any atom is -0.394 e. The standard InChI is InChI=1S/C50H43NO11/c52-17-27-47(58)5-7-50(60-27,45(56)43(47)54)62-48-6-8-49(46(57)44(48)55,61-28(48)18-53)59-10-9-51-41-21-3-4-22-14-26-16-24-12-20-2-1-19-11-23-15-25(13-21)33-31(23)35-29(19)30(20)36-32(24)34(26)40(42(22)51)38(37(35)36)39(33)41/h1-2,11-14,27-28,43-46,52-58H,3-10,15-18H2/t27-,28-,43?,44?,45-,46-,47?,48?,49-,50-/m0/s1. The molecule has 12 heteroatoms. The molecular formula is C50H43NO11. The fourth-order valence-electron chi connectivity index (χ4n) is 15.1. The number of rotatable bonds is 8. The summed E-state index contributed by atoms with van der Waals surface area (Å²) in [6, 6.07) is 14.5. The van der Waals surface area contributed by atoms with Gasteiger partial charge < -0.3 is 59.3 Å². The number of ether oxygens (including phenoxy) is 4. The van der Waals surface area contributed by atoms with Crippen LogP contribution in [-0.4, -0.2) is 120 Å². The summed E-state index contributed by atoms with van der Waals surface area (Å²) >= 11 is 0. The van der Waals surface area contributed by atoms with E-state index < -0.39 is 72.6 Å². The van der Waals surface area contributed by atoms with Gasteiger partial charge in [0, 0.05) is 40.9 Å². The number of nitrogens with zero attached hydrogens (tertiary/aromatic N) is 1. The van der Waals surface area contributed by atoms with Gasteiger partial charge in [0.05, 0.1) is 30.9 Å². The van der Waals surface area contributed by atoms with E-state index in [1.165, 1.54) is 120 Å². The second-order valence-corrected chi connectivity index (χ2v) is 20.1. The SMILES string of the molecule is OC[C@@H]1O[C@]2(OC34CC[C@](OCCn5c6c7cc8c9c%10c(cc%11ccc%12cc%13c%14c%15c(cc(c5c%15c(c5c%10c%11c%12c%145)c96)CC7)C%13)C8)(O[C@H]3CO)[C@@H](O)C4O)CCC1(O)C(O)[C@@H]2O. The van der Waals surface area contributed by atoms with Crippen LogP contribution < -0.4 is 0 Å². The Morgan fingerprint density at radius 2 is 1.06 bits per heavy atom. The Hall–Kier alpha value is -4.28. The van der Waals surface area contributed by atoms with Crippen molar-refractivity contribution >= 4 is 86.4 Å². The molecule has 8 aromatic carbocycles. The van der Waals surface area contributed by atoms with Gasteiger partial charge >= 0.3 is 0 Å². The van der Waals surface area contributed by atoms with Crippen LogP contribution in [0.15, 0.2) is 36.4 Å². The molecule has 7 N–H and O–H groups in total. The average Bonchev–Trinajstić information content (AvgIpc) is 3.93. The third-order valence-corrected chi connectivity index (χ3v) is 17.6. The second-order valence-electron chi connectivity index (χ2n) is 20.1. The number of benzene rings is 7. The maximum absolute atomic E-state index is 12.0. The van der Waals surface area contributed by atoms with Gasteiger partial charge in [-0.1, -0.05) is 36.4 Å². The molecule has 12 nitrogen and oxygen atoms in total. The predicted octanol–water partition coefficient (Wildman–Crippen LogP) is 4.08. The van der Waals surface area contributed by atoms with Crippen LogP contribution in [0.25, 0.3) is 86.4 Å². The topological polar surface area (TPSA) is 183 Å². The minimum atomic E-state index is -1.95. The number of pyridine rings is 1. The van der Waals surface area contributed by atoms with Gasteiger partial charge in [0.15, 0.2) is 11.6 Å². The van der Waals surface area contributed by atoms with Crippen molar-refractivity contribution in [2.75, 3.05) is 19.8 Å². The van der Waals surface area contributed by atoms with Gasteiger partial charge in [0.1, 0.15) is 47.8 Å². The summed E-state index contributed by atoms with van der Waals surface area (Å²) in [5, 5.41) is 97.6. The molecule has 4 unspecified atom stereocenters. The highest BCUT2D eigenvalue weighted by molar-refractivity contribution is 6.55. The first-order valence-corrected chi connectivity index (χ1v) is 22.4. The maximum Gasteiger partial charge on any atom is 0.198 e. The number of aromatic nitrogens is 1. The molecule has 0 spiro atoms. The molecule has 0 radical (unpaired) electrons. The van der Waals surface area contributed by atoms with E-state index in [9.17, 15) is 35.7 Å². The molecule has 18 rings (SSSR count). The summed E-state index contributed by atoms with van der Waals surface area (Å²) in [7, 11) is 0. The smallest absolute Gasteiger partial charge is 0.198 e. The first kappa shape index (κ1) is 35.1. The van der Waals surface area contributed by atoms with Crippen LogP contribution in [0.1, 0.15) is 59.1 Å². The number of fused-ring (bicyclic) bond motifs is 6. The lowest BCUT2D eigenvalue weighted by Gasteiger charge is -2.65. The van der Waals surface area contributed by atoms with Gasteiger partial charge in [-0.25, -0.2) is 0 Å². The molecule has 6 fully saturated rings. The Morgan fingerprint density at radius 3 is 1.68 bits per heavy atom. The van der Waals surface area contributed by atoms with E-state index in [0.29, 0.717) is 6.54 Å². The van der Waals surface area contributed by atoms with Gasteiger partial charge in [0.25, 0.3) is 0 Å². The van der Waals surface area contributed by atoms with Crippen molar-refractivity contribution in [2.45, 2.75) is 117 Å². The molecule has 4 aliphatic carbocycles. The summed E-state index contributed by atoms with van der Waals surface area (Å²) in [6.45, 7) is -0.675. The molecule has 2 saturated carbocycles. The zero-order chi connectivity index (χ0) is 41.3. The minimum absolute atomic E-state index is 0.0535. The number of aliphatic hydroxyl groups is 7. The maximum atomic E-state index is 12.0. The van der Waals surface area contributed by atoms with Crippen LogP contribution in [0.3, 0.4) is 0 Å². The van der Waals surface area contributed by atoms with Crippen LogP contribution in [0.2, 0.25) is 0 Å². The lowest BCUT2D eigenvalue weighted by molar-refractivity contribution is -0.486. The van der Waals surface area contributed by atoms with Gasteiger partial charge in [-0.2, -0.15) is 0 Å². The van der Waals surface area contributed by atoms with Crippen molar-refractivity contribution in [1.82, 2.24) is 4.57 Å². The molecule has 1 aromatic heterocycles. The summed E-state index contributed by atoms with van der Waals surface area (Å²) in [5.41, 5.74) is 7.11. The monoisotopic (exact) mass is 833 g/mol. The van der Waals surface area contributed by atoms with Crippen LogP contribution >= 0.6 is 0 Å². The molecule has 314 valence electrons. The van der Waals surface area contributed by atoms with Gasteiger partial charge in [-0.15, -0.1) is 0 Å². The fraction of sp³-hybridized carbons (Fsp3) is 0.440. The molecule has 9 aromatic rings. The second kappa shape index (κ2) is 10.6. The van der Waals surface area contributed by atoms with E-state index in [4.69, 9.17) is 18.9 Å². The van der Waals surface area contributed by atoms with Crippen molar-refractivity contribution in [1.29, 1.82) is 0 Å². The summed E-state index contributed by atoms with van der Waals surface area (Å²) < 4.78 is 28.2. The van der Waals surface area contributed by atoms with E-state index in [-0.39, 0.29) is 32.3 Å². The lowest BCUT2D eigenvalue weighted by Crippen LogP contribution is -2.82.